The molecule has 0 saturated heterocycles. The van der Waals surface area contributed by atoms with Crippen LogP contribution in [-0.4, -0.2) is 23.8 Å². The average Bonchev–Trinajstić information content (AvgIpc) is 3.33. The van der Waals surface area contributed by atoms with Crippen LogP contribution < -0.4 is 5.32 Å². The molecule has 3 aromatic rings. The molecule has 1 amide bonds. The van der Waals surface area contributed by atoms with Crippen LogP contribution in [0, 0.1) is 0 Å². The van der Waals surface area contributed by atoms with Crippen LogP contribution in [0.25, 0.3) is 11.1 Å². The maximum atomic E-state index is 12.4. The Morgan fingerprint density at radius 3 is 2.18 bits per heavy atom. The van der Waals surface area contributed by atoms with Crippen molar-refractivity contribution in [2.24, 2.45) is 0 Å². The van der Waals surface area contributed by atoms with Gasteiger partial charge in [0.25, 0.3) is 0 Å². The number of hydrogen-bond donors (Lipinski definition) is 2. The second kappa shape index (κ2) is 6.88. The molecule has 2 N–H and O–H groups in total. The molecule has 0 saturated carbocycles. The second-order valence-electron chi connectivity index (χ2n) is 6.86. The van der Waals surface area contributed by atoms with Gasteiger partial charge in [-0.05, 0) is 41.3 Å². The molecule has 0 spiro atoms. The number of carboxylic acid groups (broad SMARTS) is 1. The fraction of sp³-hybridized carbons (Fsp3) is 0.182. The Labute approximate surface area is 161 Å². The molecule has 142 valence electrons. The fourth-order valence-electron chi connectivity index (χ4n) is 3.62. The maximum Gasteiger partial charge on any atom is 0.408 e. The van der Waals surface area contributed by atoms with E-state index in [4.69, 9.17) is 9.15 Å². The van der Waals surface area contributed by atoms with Gasteiger partial charge in [-0.25, -0.2) is 9.59 Å². The second-order valence-corrected chi connectivity index (χ2v) is 6.86. The molecule has 1 aromatic heterocycles. The normalized spacial score (nSPS) is 14.6. The van der Waals surface area contributed by atoms with Crippen molar-refractivity contribution in [2.45, 2.75) is 18.4 Å². The maximum absolute atomic E-state index is 12.4. The molecule has 0 aliphatic heterocycles. The van der Waals surface area contributed by atoms with E-state index in [1.165, 1.54) is 19.3 Å². The Bertz CT molecular complexity index is 981. The Hall–Kier alpha value is -3.54. The highest BCUT2D eigenvalue weighted by atomic mass is 16.5. The van der Waals surface area contributed by atoms with E-state index < -0.39 is 17.6 Å². The first kappa shape index (κ1) is 17.9. The molecule has 2 aromatic carbocycles. The summed E-state index contributed by atoms with van der Waals surface area (Å²) in [7, 11) is 0. The van der Waals surface area contributed by atoms with Crippen molar-refractivity contribution in [1.29, 1.82) is 0 Å². The summed E-state index contributed by atoms with van der Waals surface area (Å²) < 4.78 is 10.6. The largest absolute Gasteiger partial charge is 0.479 e. The highest BCUT2D eigenvalue weighted by Gasteiger charge is 2.40. The number of carbonyl (C=O) groups excluding carboxylic acids is 1. The number of ether oxygens (including phenoxy) is 1. The van der Waals surface area contributed by atoms with Crippen molar-refractivity contribution in [1.82, 2.24) is 5.32 Å². The number of furan rings is 1. The van der Waals surface area contributed by atoms with Crippen LogP contribution in [0.5, 0.6) is 0 Å². The topological polar surface area (TPSA) is 88.8 Å². The van der Waals surface area contributed by atoms with Crippen molar-refractivity contribution in [3.05, 3.63) is 83.8 Å². The summed E-state index contributed by atoms with van der Waals surface area (Å²) in [6.45, 7) is 1.46. The summed E-state index contributed by atoms with van der Waals surface area (Å²) in [5, 5.41) is 12.0. The number of carbonyl (C=O) groups is 2. The van der Waals surface area contributed by atoms with Gasteiger partial charge in [-0.1, -0.05) is 48.5 Å². The van der Waals surface area contributed by atoms with Crippen molar-refractivity contribution in [3.63, 3.8) is 0 Å². The van der Waals surface area contributed by atoms with Crippen LogP contribution in [0.15, 0.2) is 71.3 Å². The number of carboxylic acids is 1. The van der Waals surface area contributed by atoms with Gasteiger partial charge in [-0.15, -0.1) is 0 Å². The van der Waals surface area contributed by atoms with Gasteiger partial charge in [0.2, 0.25) is 0 Å². The molecule has 0 fully saturated rings. The van der Waals surface area contributed by atoms with Gasteiger partial charge in [-0.2, -0.15) is 0 Å². The van der Waals surface area contributed by atoms with Gasteiger partial charge in [0.15, 0.2) is 5.54 Å². The zero-order chi connectivity index (χ0) is 19.7. The summed E-state index contributed by atoms with van der Waals surface area (Å²) in [5.74, 6) is -1.22. The number of amides is 1. The number of rotatable bonds is 5. The lowest BCUT2D eigenvalue weighted by Gasteiger charge is -2.24. The lowest BCUT2D eigenvalue weighted by atomic mass is 9.98. The molecule has 0 radical (unpaired) electrons. The Kier molecular flexibility index (Phi) is 4.39. The zero-order valence-corrected chi connectivity index (χ0v) is 15.2. The van der Waals surface area contributed by atoms with Crippen molar-refractivity contribution in [3.8, 4) is 11.1 Å². The molecule has 4 rings (SSSR count). The average molecular weight is 377 g/mol. The van der Waals surface area contributed by atoms with Crippen LogP contribution in [0.3, 0.4) is 0 Å². The van der Waals surface area contributed by atoms with Gasteiger partial charge < -0.3 is 14.3 Å². The molecule has 1 heterocycles. The molecule has 0 bridgehead atoms. The summed E-state index contributed by atoms with van der Waals surface area (Å²) in [4.78, 5) is 24.1. The molecule has 6 heteroatoms. The van der Waals surface area contributed by atoms with Gasteiger partial charge >= 0.3 is 12.1 Å². The van der Waals surface area contributed by atoms with Gasteiger partial charge in [0.1, 0.15) is 12.4 Å². The molecule has 28 heavy (non-hydrogen) atoms. The van der Waals surface area contributed by atoms with E-state index in [2.05, 4.69) is 5.32 Å². The summed E-state index contributed by atoms with van der Waals surface area (Å²) >= 11 is 0. The molecular formula is C22H19NO5. The minimum Gasteiger partial charge on any atom is -0.479 e. The SMILES string of the molecule is C[C@](NC(=O)OCC1c2ccccc2-c2ccccc21)(C(=O)O)c1ccco1. The van der Waals surface area contributed by atoms with E-state index in [0.29, 0.717) is 0 Å². The van der Waals surface area contributed by atoms with Crippen LogP contribution in [0.1, 0.15) is 29.7 Å². The van der Waals surface area contributed by atoms with Crippen LogP contribution >= 0.6 is 0 Å². The fourth-order valence-corrected chi connectivity index (χ4v) is 3.62. The first-order chi connectivity index (χ1) is 13.5. The van der Waals surface area contributed by atoms with E-state index in [1.54, 1.807) is 6.07 Å². The number of hydrogen-bond acceptors (Lipinski definition) is 4. The highest BCUT2D eigenvalue weighted by molar-refractivity contribution is 5.85. The molecule has 1 aliphatic rings. The monoisotopic (exact) mass is 377 g/mol. The van der Waals surface area contributed by atoms with Crippen LogP contribution in [-0.2, 0) is 15.1 Å². The van der Waals surface area contributed by atoms with Crippen molar-refractivity contribution in [2.75, 3.05) is 6.61 Å². The Balaban J connectivity index is 1.52. The van der Waals surface area contributed by atoms with E-state index in [9.17, 15) is 14.7 Å². The third-order valence-electron chi connectivity index (χ3n) is 5.14. The van der Waals surface area contributed by atoms with Crippen LogP contribution in [0.4, 0.5) is 4.79 Å². The van der Waals surface area contributed by atoms with Gasteiger partial charge in [0.05, 0.1) is 6.26 Å². The molecule has 6 nitrogen and oxygen atoms in total. The van der Waals surface area contributed by atoms with Gasteiger partial charge in [-0.3, -0.25) is 5.32 Å². The minimum atomic E-state index is -1.72. The molecule has 1 aliphatic carbocycles. The number of nitrogens with one attached hydrogen (secondary N) is 1. The summed E-state index contributed by atoms with van der Waals surface area (Å²) in [6, 6.07) is 19.1. The predicted molar refractivity (Wildman–Crippen MR) is 102 cm³/mol. The standard InChI is InChI=1S/C22H19NO5/c1-22(20(24)25,19-11-6-12-27-19)23-21(26)28-13-18-16-9-4-2-7-14(16)15-8-3-5-10-17(15)18/h2-12,18H,13H2,1H3,(H,23,26)(H,24,25)/t22-/m1/s1. The highest BCUT2D eigenvalue weighted by Crippen LogP contribution is 2.44. The van der Waals surface area contributed by atoms with Crippen molar-refractivity contribution >= 4 is 12.1 Å². The first-order valence-corrected chi connectivity index (χ1v) is 8.91. The van der Waals surface area contributed by atoms with E-state index in [0.717, 1.165) is 22.3 Å². The van der Waals surface area contributed by atoms with Crippen LogP contribution in [0.2, 0.25) is 0 Å². The third kappa shape index (κ3) is 2.93. The molecular weight excluding hydrogens is 358 g/mol. The summed E-state index contributed by atoms with van der Waals surface area (Å²) in [5.41, 5.74) is 2.70. The predicted octanol–water partition coefficient (Wildman–Crippen LogP) is 4.12. The molecule has 1 atom stereocenters. The van der Waals surface area contributed by atoms with E-state index in [-0.39, 0.29) is 18.3 Å². The number of alkyl carbamates (subject to hydrolysis) is 1. The quantitative estimate of drug-likeness (QED) is 0.698. The zero-order valence-electron chi connectivity index (χ0n) is 15.2. The Morgan fingerprint density at radius 1 is 1.04 bits per heavy atom. The van der Waals surface area contributed by atoms with Crippen molar-refractivity contribution < 1.29 is 23.8 Å². The number of aliphatic carboxylic acids is 1. The molecule has 0 unspecified atom stereocenters. The van der Waals surface area contributed by atoms with E-state index >= 15 is 0 Å². The summed E-state index contributed by atoms with van der Waals surface area (Å²) in [6.07, 6.45) is 0.541. The number of benzene rings is 2. The Morgan fingerprint density at radius 2 is 1.64 bits per heavy atom. The number of fused-ring (bicyclic) bond motifs is 3. The van der Waals surface area contributed by atoms with Gasteiger partial charge in [0, 0.05) is 5.92 Å². The minimum absolute atomic E-state index is 0.0992. The first-order valence-electron chi connectivity index (χ1n) is 8.91. The smallest absolute Gasteiger partial charge is 0.408 e. The lowest BCUT2D eigenvalue weighted by Crippen LogP contribution is -2.49. The lowest BCUT2D eigenvalue weighted by molar-refractivity contribution is -0.145. The van der Waals surface area contributed by atoms with E-state index in [1.807, 2.05) is 48.5 Å². The third-order valence-corrected chi connectivity index (χ3v) is 5.14.